The molecular formula is C48H52O4S3. The molecule has 0 bridgehead atoms. The first kappa shape index (κ1) is 39.0. The third-order valence-corrected chi connectivity index (χ3v) is 13.8. The molecule has 0 atom stereocenters. The molecule has 0 N–H and O–H groups in total. The van der Waals surface area contributed by atoms with Crippen molar-refractivity contribution in [3.8, 4) is 66.1 Å². The van der Waals surface area contributed by atoms with Crippen LogP contribution in [-0.2, 0) is 0 Å². The lowest BCUT2D eigenvalue weighted by atomic mass is 10.0. The van der Waals surface area contributed by atoms with E-state index in [1.165, 1.54) is 50.8 Å². The predicted molar refractivity (Wildman–Crippen MR) is 238 cm³/mol. The minimum Gasteiger partial charge on any atom is -0.493 e. The molecule has 7 rings (SSSR count). The predicted octanol–water partition coefficient (Wildman–Crippen LogP) is 15.6. The molecule has 0 radical (unpaired) electrons. The Hall–Kier alpha value is -4.30. The van der Waals surface area contributed by atoms with Gasteiger partial charge >= 0.3 is 0 Å². The first-order valence-corrected chi connectivity index (χ1v) is 22.5. The normalized spacial score (nSPS) is 11.4. The fraction of sp³-hybridized carbons (Fsp3) is 0.333. The number of fused-ring (bicyclic) bond motifs is 3. The van der Waals surface area contributed by atoms with Crippen LogP contribution in [0, 0.1) is 0 Å². The topological polar surface area (TPSA) is 36.9 Å². The smallest absolute Gasteiger partial charge is 0.131 e. The van der Waals surface area contributed by atoms with Crippen LogP contribution in [0.4, 0.5) is 0 Å². The van der Waals surface area contributed by atoms with Crippen LogP contribution >= 0.6 is 34.0 Å². The van der Waals surface area contributed by atoms with Gasteiger partial charge in [-0.15, -0.1) is 34.0 Å². The van der Waals surface area contributed by atoms with Gasteiger partial charge in [-0.05, 0) is 61.1 Å². The van der Waals surface area contributed by atoms with Crippen LogP contribution < -0.4 is 18.9 Å². The lowest BCUT2D eigenvalue weighted by molar-refractivity contribution is 0.296. The lowest BCUT2D eigenvalue weighted by Gasteiger charge is -2.17. The average molecular weight is 789 g/mol. The summed E-state index contributed by atoms with van der Waals surface area (Å²) in [5, 5.41) is 0. The Labute approximate surface area is 338 Å². The summed E-state index contributed by atoms with van der Waals surface area (Å²) in [6.07, 6.45) is 8.30. The van der Waals surface area contributed by atoms with Gasteiger partial charge in [-0.1, -0.05) is 126 Å². The molecule has 0 fully saturated rings. The van der Waals surface area contributed by atoms with E-state index in [1.807, 2.05) is 34.0 Å². The van der Waals surface area contributed by atoms with E-state index >= 15 is 0 Å². The molecule has 3 aromatic heterocycles. The Morgan fingerprint density at radius 2 is 0.673 bits per heavy atom. The Balaban J connectivity index is 1.51. The van der Waals surface area contributed by atoms with E-state index in [0.717, 1.165) is 85.5 Å². The van der Waals surface area contributed by atoms with Crippen LogP contribution in [0.3, 0.4) is 0 Å². The fourth-order valence-electron chi connectivity index (χ4n) is 6.77. The van der Waals surface area contributed by atoms with Crippen molar-refractivity contribution in [1.29, 1.82) is 0 Å². The minimum absolute atomic E-state index is 0.670. The van der Waals surface area contributed by atoms with Crippen LogP contribution in [0.25, 0.3) is 61.9 Å². The summed E-state index contributed by atoms with van der Waals surface area (Å²) < 4.78 is 31.5. The van der Waals surface area contributed by atoms with Gasteiger partial charge in [0.1, 0.15) is 23.0 Å². The number of benzene rings is 4. The summed E-state index contributed by atoms with van der Waals surface area (Å²) in [6, 6.07) is 34.3. The molecule has 0 saturated heterocycles. The highest BCUT2D eigenvalue weighted by molar-refractivity contribution is 7.41. The Morgan fingerprint density at radius 1 is 0.345 bits per heavy atom. The monoisotopic (exact) mass is 788 g/mol. The van der Waals surface area contributed by atoms with E-state index in [1.54, 1.807) is 0 Å². The van der Waals surface area contributed by atoms with Crippen molar-refractivity contribution >= 4 is 52.8 Å². The maximum atomic E-state index is 6.58. The maximum Gasteiger partial charge on any atom is 0.131 e. The maximum absolute atomic E-state index is 6.58. The molecular weight excluding hydrogens is 737 g/mol. The fourth-order valence-corrected chi connectivity index (χ4v) is 11.5. The van der Waals surface area contributed by atoms with Gasteiger partial charge in [-0.2, -0.15) is 0 Å². The van der Waals surface area contributed by atoms with Crippen LogP contribution in [0.5, 0.6) is 23.0 Å². The summed E-state index contributed by atoms with van der Waals surface area (Å²) in [6.45, 7) is 11.5. The number of ether oxygens (including phenoxy) is 4. The zero-order chi connectivity index (χ0) is 38.0. The van der Waals surface area contributed by atoms with Crippen LogP contribution in [-0.4, -0.2) is 26.4 Å². The third-order valence-electron chi connectivity index (χ3n) is 9.72. The Kier molecular flexibility index (Phi) is 13.5. The largest absolute Gasteiger partial charge is 0.493 e. The summed E-state index contributed by atoms with van der Waals surface area (Å²) in [7, 11) is 0. The standard InChI is InChI=1S/C48H52O4S3/c1-5-9-29-49-35-25-19-26-36(50-30-10-6-2)41(35)43-39(33-21-15-13-16-22-33)45-47(53-43)48-46(55-45)40(34-23-17-14-18-24-34)44(54-48)42-37(51-31-11-7-3)27-20-28-38(42)52-32-12-8-4/h13-28H,5-12,29-32H2,1-4H3. The van der Waals surface area contributed by atoms with E-state index in [9.17, 15) is 0 Å². The summed E-state index contributed by atoms with van der Waals surface area (Å²) >= 11 is 5.64. The van der Waals surface area contributed by atoms with Gasteiger partial charge in [0.15, 0.2) is 0 Å². The third kappa shape index (κ3) is 8.45. The van der Waals surface area contributed by atoms with Crippen LogP contribution in [0.2, 0.25) is 0 Å². The van der Waals surface area contributed by atoms with E-state index in [0.29, 0.717) is 26.4 Å². The second kappa shape index (κ2) is 19.0. The molecule has 0 spiro atoms. The molecule has 55 heavy (non-hydrogen) atoms. The number of rotatable bonds is 20. The molecule has 0 aliphatic carbocycles. The molecule has 4 nitrogen and oxygen atoms in total. The molecule has 3 heterocycles. The van der Waals surface area contributed by atoms with Gasteiger partial charge in [0.2, 0.25) is 0 Å². The molecule has 4 aromatic carbocycles. The second-order valence-electron chi connectivity index (χ2n) is 13.8. The van der Waals surface area contributed by atoms with E-state index in [2.05, 4.69) is 125 Å². The number of thiophene rings is 3. The van der Waals surface area contributed by atoms with Crippen molar-refractivity contribution in [2.75, 3.05) is 26.4 Å². The number of unbranched alkanes of at least 4 members (excludes halogenated alkanes) is 4. The van der Waals surface area contributed by atoms with Crippen molar-refractivity contribution in [2.24, 2.45) is 0 Å². The van der Waals surface area contributed by atoms with Gasteiger partial charge in [-0.25, -0.2) is 0 Å². The molecule has 7 heteroatoms. The molecule has 0 amide bonds. The van der Waals surface area contributed by atoms with Crippen molar-refractivity contribution in [2.45, 2.75) is 79.1 Å². The van der Waals surface area contributed by atoms with E-state index in [-0.39, 0.29) is 0 Å². The Morgan fingerprint density at radius 3 is 0.982 bits per heavy atom. The average Bonchev–Trinajstić information content (AvgIpc) is 3.87. The molecule has 0 unspecified atom stereocenters. The molecule has 0 saturated carbocycles. The molecule has 7 aromatic rings. The second-order valence-corrected chi connectivity index (χ2v) is 16.9. The Bertz CT molecular complexity index is 2070. The summed E-state index contributed by atoms with van der Waals surface area (Å²) in [5.74, 6) is 3.53. The first-order valence-electron chi connectivity index (χ1n) is 20.1. The first-order chi connectivity index (χ1) is 27.2. The van der Waals surface area contributed by atoms with Crippen molar-refractivity contribution in [3.05, 3.63) is 97.1 Å². The van der Waals surface area contributed by atoms with E-state index < -0.39 is 0 Å². The summed E-state index contributed by atoms with van der Waals surface area (Å²) in [4.78, 5) is 2.38. The van der Waals surface area contributed by atoms with Crippen molar-refractivity contribution in [3.63, 3.8) is 0 Å². The van der Waals surface area contributed by atoms with Crippen molar-refractivity contribution < 1.29 is 18.9 Å². The van der Waals surface area contributed by atoms with Gasteiger partial charge in [0.25, 0.3) is 0 Å². The lowest BCUT2D eigenvalue weighted by Crippen LogP contribution is -2.02. The minimum atomic E-state index is 0.670. The highest BCUT2D eigenvalue weighted by atomic mass is 32.1. The molecule has 0 aliphatic rings. The molecule has 0 aliphatic heterocycles. The zero-order valence-electron chi connectivity index (χ0n) is 32.6. The van der Waals surface area contributed by atoms with Gasteiger partial charge in [-0.3, -0.25) is 0 Å². The van der Waals surface area contributed by atoms with Gasteiger partial charge in [0.05, 0.1) is 66.1 Å². The number of hydrogen-bond donors (Lipinski definition) is 0. The van der Waals surface area contributed by atoms with Crippen LogP contribution in [0.15, 0.2) is 97.1 Å². The molecule has 286 valence electrons. The zero-order valence-corrected chi connectivity index (χ0v) is 35.0. The van der Waals surface area contributed by atoms with Gasteiger partial charge < -0.3 is 18.9 Å². The van der Waals surface area contributed by atoms with Crippen molar-refractivity contribution in [1.82, 2.24) is 0 Å². The van der Waals surface area contributed by atoms with E-state index in [4.69, 9.17) is 18.9 Å². The highest BCUT2D eigenvalue weighted by Crippen LogP contribution is 2.60. The van der Waals surface area contributed by atoms with Gasteiger partial charge in [0, 0.05) is 11.1 Å². The van der Waals surface area contributed by atoms with Crippen LogP contribution in [0.1, 0.15) is 79.1 Å². The summed E-state index contributed by atoms with van der Waals surface area (Å²) in [5.41, 5.74) is 6.99. The SMILES string of the molecule is CCCCOc1cccc(OCCCC)c1-c1sc2c(sc3c(-c4ccccc4)c(-c4c(OCCCC)cccc4OCCCC)sc32)c1-c1ccccc1. The number of hydrogen-bond acceptors (Lipinski definition) is 7. The highest BCUT2D eigenvalue weighted by Gasteiger charge is 2.30. The quantitative estimate of drug-likeness (QED) is 0.0721.